The predicted molar refractivity (Wildman–Crippen MR) is 62.3 cm³/mol. The van der Waals surface area contributed by atoms with Crippen molar-refractivity contribution in [3.63, 3.8) is 0 Å². The molecule has 0 amide bonds. The molecule has 0 aliphatic heterocycles. The summed E-state index contributed by atoms with van der Waals surface area (Å²) < 4.78 is -4.00. The van der Waals surface area contributed by atoms with Gasteiger partial charge in [-0.05, 0) is 0 Å². The molecule has 1 aromatic heterocycles. The lowest BCUT2D eigenvalue weighted by atomic mass is 10.4. The zero-order valence-electron chi connectivity index (χ0n) is 6.89. The molecule has 0 spiro atoms. The number of rotatable bonds is 1. The molecule has 0 atom stereocenters. The summed E-state index contributed by atoms with van der Waals surface area (Å²) >= 11 is 28.2. The Hall–Kier alpha value is 0.0600. The van der Waals surface area contributed by atoms with Crippen LogP contribution in [0.2, 0.25) is 0 Å². The maximum Gasteiger partial charge on any atom is 0.230 e. The van der Waals surface area contributed by atoms with E-state index in [9.17, 15) is 0 Å². The van der Waals surface area contributed by atoms with Crippen molar-refractivity contribution in [1.29, 1.82) is 0 Å². The summed E-state index contributed by atoms with van der Waals surface area (Å²) in [6.07, 6.45) is 0. The van der Waals surface area contributed by atoms with E-state index in [1.54, 1.807) is 0 Å². The molecule has 0 saturated carbocycles. The highest BCUT2D eigenvalue weighted by molar-refractivity contribution is 6.75. The molecule has 0 saturated heterocycles. The van der Waals surface area contributed by atoms with Gasteiger partial charge in [-0.15, -0.1) is 0 Å². The molecule has 84 valence electrons. The maximum absolute atomic E-state index is 5.79. The predicted octanol–water partition coefficient (Wildman–Crippen LogP) is 2.04. The quantitative estimate of drug-likeness (QED) is 0.774. The van der Waals surface area contributed by atoms with Gasteiger partial charge in [0, 0.05) is 0 Å². The average Bonchev–Trinajstić information content (AvgIpc) is 1.99. The highest BCUT2D eigenvalue weighted by atomic mass is 35.6. The highest BCUT2D eigenvalue weighted by Gasteiger charge is 2.50. The van der Waals surface area contributed by atoms with E-state index < -0.39 is 8.13 Å². The molecule has 0 aliphatic rings. The summed E-state index contributed by atoms with van der Waals surface area (Å²) in [4.78, 5) is 10.8. The van der Waals surface area contributed by atoms with E-state index in [0.29, 0.717) is 0 Å². The Labute approximate surface area is 110 Å². The van der Waals surface area contributed by atoms with Crippen LogP contribution in [-0.2, 0) is 4.33 Å². The van der Waals surface area contributed by atoms with Gasteiger partial charge in [0.1, 0.15) is 0 Å². The van der Waals surface area contributed by atoms with Crippen molar-refractivity contribution in [2.24, 2.45) is 0 Å². The first-order valence-electron chi connectivity index (χ1n) is 3.36. The average molecular weight is 311 g/mol. The fourth-order valence-electron chi connectivity index (χ4n) is 0.677. The molecule has 5 nitrogen and oxygen atoms in total. The van der Waals surface area contributed by atoms with E-state index in [4.69, 9.17) is 69.5 Å². The van der Waals surface area contributed by atoms with Crippen LogP contribution in [-0.4, -0.2) is 18.7 Å². The van der Waals surface area contributed by atoms with Crippen molar-refractivity contribution in [3.8, 4) is 0 Å². The number of aromatic nitrogens is 3. The van der Waals surface area contributed by atoms with Crippen molar-refractivity contribution in [2.75, 3.05) is 11.5 Å². The number of halogens is 5. The number of nitrogens with zero attached hydrogens (tertiary/aromatic N) is 3. The third kappa shape index (κ3) is 2.79. The topological polar surface area (TPSA) is 90.7 Å². The van der Waals surface area contributed by atoms with Crippen LogP contribution in [0, 0.1) is 0 Å². The molecular formula is C5H4Cl5N5. The second kappa shape index (κ2) is 4.14. The van der Waals surface area contributed by atoms with Gasteiger partial charge in [-0.3, -0.25) is 0 Å². The lowest BCUT2D eigenvalue weighted by Crippen LogP contribution is -2.31. The first-order chi connectivity index (χ1) is 6.64. The van der Waals surface area contributed by atoms with Gasteiger partial charge in [-0.1, -0.05) is 58.0 Å². The number of nitrogen functional groups attached to an aromatic ring is 2. The second-order valence-corrected chi connectivity index (χ2v) is 6.06. The maximum atomic E-state index is 5.79. The minimum absolute atomic E-state index is 0.169. The molecule has 0 aliphatic carbocycles. The second-order valence-electron chi connectivity index (χ2n) is 2.45. The molecule has 1 rings (SSSR count). The van der Waals surface area contributed by atoms with Gasteiger partial charge < -0.3 is 11.5 Å². The van der Waals surface area contributed by atoms with Crippen LogP contribution in [0.4, 0.5) is 11.9 Å². The van der Waals surface area contributed by atoms with E-state index >= 15 is 0 Å². The van der Waals surface area contributed by atoms with Gasteiger partial charge in [0.2, 0.25) is 20.0 Å². The van der Waals surface area contributed by atoms with Crippen molar-refractivity contribution in [3.05, 3.63) is 5.82 Å². The summed E-state index contributed by atoms with van der Waals surface area (Å²) in [5, 5.41) is 0. The van der Waals surface area contributed by atoms with E-state index in [1.165, 1.54) is 0 Å². The molecule has 1 aromatic rings. The molecule has 0 aromatic carbocycles. The summed E-state index contributed by atoms with van der Waals surface area (Å²) in [5.41, 5.74) is 10.6. The van der Waals surface area contributed by atoms with Crippen LogP contribution >= 0.6 is 58.0 Å². The van der Waals surface area contributed by atoms with Crippen LogP contribution in [0.15, 0.2) is 0 Å². The van der Waals surface area contributed by atoms with Crippen molar-refractivity contribution >= 4 is 69.9 Å². The van der Waals surface area contributed by atoms with Crippen LogP contribution in [0.25, 0.3) is 0 Å². The standard InChI is InChI=1S/C5H4Cl5N5/c6-4(7,5(8,9)10)1-13-2(11)15-3(12)14-1/h(H4,11,12,13,14,15). The Morgan fingerprint density at radius 1 is 0.800 bits per heavy atom. The number of anilines is 2. The van der Waals surface area contributed by atoms with Crippen molar-refractivity contribution in [2.45, 2.75) is 8.13 Å². The van der Waals surface area contributed by atoms with Crippen molar-refractivity contribution in [1.82, 2.24) is 15.0 Å². The summed E-state index contributed by atoms with van der Waals surface area (Å²) in [7, 11) is 0. The number of hydrogen-bond acceptors (Lipinski definition) is 5. The Kier molecular flexibility index (Phi) is 3.63. The highest BCUT2D eigenvalue weighted by Crippen LogP contribution is 2.51. The lowest BCUT2D eigenvalue weighted by molar-refractivity contribution is 0.777. The summed E-state index contributed by atoms with van der Waals surface area (Å²) in [6.45, 7) is 0. The minimum Gasteiger partial charge on any atom is -0.368 e. The Bertz CT molecular complexity index is 354. The van der Waals surface area contributed by atoms with Gasteiger partial charge in [0.15, 0.2) is 5.82 Å². The molecule has 15 heavy (non-hydrogen) atoms. The molecule has 1 heterocycles. The van der Waals surface area contributed by atoms with Crippen LogP contribution in [0.3, 0.4) is 0 Å². The van der Waals surface area contributed by atoms with E-state index in [2.05, 4.69) is 15.0 Å². The zero-order valence-corrected chi connectivity index (χ0v) is 10.7. The monoisotopic (exact) mass is 309 g/mol. The number of nitrogens with two attached hydrogens (primary N) is 2. The van der Waals surface area contributed by atoms with Crippen LogP contribution < -0.4 is 11.5 Å². The Morgan fingerprint density at radius 2 is 1.20 bits per heavy atom. The van der Waals surface area contributed by atoms with Gasteiger partial charge >= 0.3 is 0 Å². The fourth-order valence-corrected chi connectivity index (χ4v) is 1.10. The Balaban J connectivity index is 3.27. The smallest absolute Gasteiger partial charge is 0.230 e. The lowest BCUT2D eigenvalue weighted by Gasteiger charge is -2.25. The third-order valence-corrected chi connectivity index (χ3v) is 3.64. The number of alkyl halides is 5. The van der Waals surface area contributed by atoms with Crippen LogP contribution in [0.1, 0.15) is 5.82 Å². The molecule has 0 unspecified atom stereocenters. The minimum atomic E-state index is -2.03. The summed E-state index contributed by atoms with van der Waals surface area (Å²) in [5.74, 6) is -0.564. The fraction of sp³-hybridized carbons (Fsp3) is 0.400. The zero-order chi connectivity index (χ0) is 11.9. The van der Waals surface area contributed by atoms with Gasteiger partial charge in [-0.25, -0.2) is 0 Å². The molecule has 0 fully saturated rings. The molecule has 0 bridgehead atoms. The molecule has 10 heteroatoms. The summed E-state index contributed by atoms with van der Waals surface area (Å²) in [6, 6.07) is 0. The van der Waals surface area contributed by atoms with Crippen LogP contribution in [0.5, 0.6) is 0 Å². The molecular weight excluding hydrogens is 307 g/mol. The number of hydrogen-bond donors (Lipinski definition) is 2. The Morgan fingerprint density at radius 3 is 1.53 bits per heavy atom. The molecule has 0 radical (unpaired) electrons. The van der Waals surface area contributed by atoms with Gasteiger partial charge in [0.05, 0.1) is 0 Å². The SMILES string of the molecule is Nc1nc(N)nc(C(Cl)(Cl)C(Cl)(Cl)Cl)n1. The first kappa shape index (κ1) is 13.1. The largest absolute Gasteiger partial charge is 0.368 e. The van der Waals surface area contributed by atoms with E-state index in [-0.39, 0.29) is 17.7 Å². The van der Waals surface area contributed by atoms with Gasteiger partial charge in [-0.2, -0.15) is 15.0 Å². The normalized spacial score (nSPS) is 12.9. The van der Waals surface area contributed by atoms with E-state index in [0.717, 1.165) is 0 Å². The van der Waals surface area contributed by atoms with E-state index in [1.807, 2.05) is 0 Å². The first-order valence-corrected chi connectivity index (χ1v) is 5.25. The third-order valence-electron chi connectivity index (χ3n) is 1.31. The van der Waals surface area contributed by atoms with Crippen molar-refractivity contribution < 1.29 is 0 Å². The van der Waals surface area contributed by atoms with Gasteiger partial charge in [0.25, 0.3) is 0 Å². The molecule has 4 N–H and O–H groups in total.